The third-order valence-electron chi connectivity index (χ3n) is 4.43. The number of carbonyl (C=O) groups is 1. The van der Waals surface area contributed by atoms with Crippen LogP contribution in [0.1, 0.15) is 23.1 Å². The van der Waals surface area contributed by atoms with Crippen molar-refractivity contribution in [2.24, 2.45) is 0 Å². The van der Waals surface area contributed by atoms with Gasteiger partial charge in [-0.25, -0.2) is 0 Å². The molecule has 0 atom stereocenters. The van der Waals surface area contributed by atoms with Crippen LogP contribution in [0.5, 0.6) is 17.2 Å². The van der Waals surface area contributed by atoms with Gasteiger partial charge in [0.2, 0.25) is 5.13 Å². The van der Waals surface area contributed by atoms with Crippen LogP contribution in [0, 0.1) is 11.3 Å². The molecular formula is C23H20F2N4O4S. The predicted octanol–water partition coefficient (Wildman–Crippen LogP) is 4.84. The summed E-state index contributed by atoms with van der Waals surface area (Å²) in [6, 6.07) is 13.0. The molecule has 0 aliphatic heterocycles. The van der Waals surface area contributed by atoms with Gasteiger partial charge in [-0.1, -0.05) is 42.5 Å². The van der Waals surface area contributed by atoms with Gasteiger partial charge in [0.25, 0.3) is 5.91 Å². The predicted molar refractivity (Wildman–Crippen MR) is 122 cm³/mol. The van der Waals surface area contributed by atoms with Crippen molar-refractivity contribution in [1.82, 2.24) is 10.2 Å². The number of aromatic nitrogens is 2. The molecule has 8 nitrogen and oxygen atoms in total. The standard InChI is InChI=1S/C23H20F2N4O4S/c1-3-20-28-29-23(34-20)27-21(30)16(12-26)10-14-8-9-18(19(11-14)31-2)32-13-15-6-4-5-7-17(15)33-22(24)25/h4-11,22H,3,13H2,1-2H3,(H,27,29,30)/b16-10-. The van der Waals surface area contributed by atoms with Crippen molar-refractivity contribution in [3.8, 4) is 23.3 Å². The smallest absolute Gasteiger partial charge is 0.387 e. The number of ether oxygens (including phenoxy) is 3. The number of benzene rings is 2. The number of anilines is 1. The zero-order valence-electron chi connectivity index (χ0n) is 18.2. The second-order valence-corrected chi connectivity index (χ2v) is 7.73. The topological polar surface area (TPSA) is 106 Å². The van der Waals surface area contributed by atoms with Gasteiger partial charge in [-0.15, -0.1) is 10.2 Å². The van der Waals surface area contributed by atoms with Gasteiger partial charge >= 0.3 is 6.61 Å². The van der Waals surface area contributed by atoms with Crippen molar-refractivity contribution in [2.45, 2.75) is 26.6 Å². The fourth-order valence-electron chi connectivity index (χ4n) is 2.81. The fraction of sp³-hybridized carbons (Fsp3) is 0.217. The van der Waals surface area contributed by atoms with E-state index >= 15 is 0 Å². The van der Waals surface area contributed by atoms with Crippen molar-refractivity contribution in [1.29, 1.82) is 5.26 Å². The molecule has 0 aliphatic carbocycles. The summed E-state index contributed by atoms with van der Waals surface area (Å²) in [4.78, 5) is 12.5. The summed E-state index contributed by atoms with van der Waals surface area (Å²) >= 11 is 1.23. The lowest BCUT2D eigenvalue weighted by atomic mass is 10.1. The van der Waals surface area contributed by atoms with Crippen LogP contribution in [0.4, 0.5) is 13.9 Å². The molecule has 0 spiro atoms. The Balaban J connectivity index is 1.74. The van der Waals surface area contributed by atoms with Gasteiger partial charge in [-0.05, 0) is 36.3 Å². The lowest BCUT2D eigenvalue weighted by Gasteiger charge is -2.14. The summed E-state index contributed by atoms with van der Waals surface area (Å²) in [6.45, 7) is -1.07. The van der Waals surface area contributed by atoms with Crippen LogP contribution in [0.2, 0.25) is 0 Å². The molecule has 0 fully saturated rings. The highest BCUT2D eigenvalue weighted by molar-refractivity contribution is 7.15. The summed E-state index contributed by atoms with van der Waals surface area (Å²) in [5.41, 5.74) is 0.811. The Morgan fingerprint density at radius 1 is 1.21 bits per heavy atom. The number of amides is 1. The first-order valence-electron chi connectivity index (χ1n) is 10.0. The number of aryl methyl sites for hydroxylation is 1. The maximum absolute atomic E-state index is 12.6. The van der Waals surface area contributed by atoms with Crippen molar-refractivity contribution >= 4 is 28.5 Å². The molecule has 2 aromatic carbocycles. The maximum Gasteiger partial charge on any atom is 0.387 e. The van der Waals surface area contributed by atoms with Gasteiger partial charge in [0.05, 0.1) is 7.11 Å². The number of nitrogens with one attached hydrogen (secondary N) is 1. The number of carbonyl (C=O) groups excluding carboxylic acids is 1. The zero-order chi connectivity index (χ0) is 24.5. The normalized spacial score (nSPS) is 11.1. The minimum atomic E-state index is -2.95. The fourth-order valence-corrected chi connectivity index (χ4v) is 3.48. The number of para-hydroxylation sites is 1. The van der Waals surface area contributed by atoms with E-state index in [0.717, 1.165) is 5.01 Å². The minimum absolute atomic E-state index is 0.0159. The number of nitrogens with zero attached hydrogens (tertiary/aromatic N) is 3. The number of hydrogen-bond donors (Lipinski definition) is 1. The summed E-state index contributed by atoms with van der Waals surface area (Å²) in [5.74, 6) is 0.0734. The van der Waals surface area contributed by atoms with Gasteiger partial charge in [0.1, 0.15) is 29.0 Å². The van der Waals surface area contributed by atoms with Gasteiger partial charge in [0, 0.05) is 5.56 Å². The highest BCUT2D eigenvalue weighted by Crippen LogP contribution is 2.31. The molecule has 0 bridgehead atoms. The Bertz CT molecular complexity index is 1220. The minimum Gasteiger partial charge on any atom is -0.493 e. The second-order valence-electron chi connectivity index (χ2n) is 6.66. The monoisotopic (exact) mass is 486 g/mol. The molecule has 34 heavy (non-hydrogen) atoms. The SMILES string of the molecule is CCc1nnc(NC(=O)/C(C#N)=C\c2ccc(OCc3ccccc3OC(F)F)c(OC)c2)s1. The van der Waals surface area contributed by atoms with E-state index in [0.29, 0.717) is 34.2 Å². The molecule has 1 N–H and O–H groups in total. The summed E-state index contributed by atoms with van der Waals surface area (Å²) in [5, 5.41) is 20.9. The molecule has 1 heterocycles. The molecule has 0 radical (unpaired) electrons. The van der Waals surface area contributed by atoms with E-state index in [4.69, 9.17) is 9.47 Å². The molecular weight excluding hydrogens is 466 g/mol. The third kappa shape index (κ3) is 6.49. The molecule has 0 aliphatic rings. The highest BCUT2D eigenvalue weighted by Gasteiger charge is 2.14. The lowest BCUT2D eigenvalue weighted by Crippen LogP contribution is -2.13. The first kappa shape index (κ1) is 24.6. The first-order chi connectivity index (χ1) is 16.4. The molecule has 0 saturated carbocycles. The number of hydrogen-bond acceptors (Lipinski definition) is 8. The maximum atomic E-state index is 12.6. The largest absolute Gasteiger partial charge is 0.493 e. The Labute approximate surface area is 198 Å². The van der Waals surface area contributed by atoms with E-state index in [2.05, 4.69) is 20.3 Å². The first-order valence-corrected chi connectivity index (χ1v) is 10.8. The molecule has 3 rings (SSSR count). The molecule has 1 aromatic heterocycles. The molecule has 176 valence electrons. The van der Waals surface area contributed by atoms with Gasteiger partial charge < -0.3 is 14.2 Å². The van der Waals surface area contributed by atoms with Crippen molar-refractivity contribution < 1.29 is 27.8 Å². The van der Waals surface area contributed by atoms with Gasteiger partial charge in [-0.2, -0.15) is 14.0 Å². The van der Waals surface area contributed by atoms with E-state index in [1.165, 1.54) is 30.6 Å². The molecule has 0 unspecified atom stereocenters. The van der Waals surface area contributed by atoms with Crippen molar-refractivity contribution in [3.05, 3.63) is 64.2 Å². The van der Waals surface area contributed by atoms with Crippen LogP contribution >= 0.6 is 11.3 Å². The summed E-state index contributed by atoms with van der Waals surface area (Å²) < 4.78 is 40.8. The quantitative estimate of drug-likeness (QED) is 0.323. The van der Waals surface area contributed by atoms with Gasteiger partial charge in [0.15, 0.2) is 11.5 Å². The Kier molecular flexibility index (Phi) is 8.48. The van der Waals surface area contributed by atoms with Crippen LogP contribution < -0.4 is 19.5 Å². The van der Waals surface area contributed by atoms with Crippen LogP contribution in [-0.2, 0) is 17.8 Å². The van der Waals surface area contributed by atoms with E-state index in [-0.39, 0.29) is 17.9 Å². The van der Waals surface area contributed by atoms with Crippen LogP contribution in [0.15, 0.2) is 48.0 Å². The third-order valence-corrected chi connectivity index (χ3v) is 5.41. The van der Waals surface area contributed by atoms with Crippen LogP contribution in [0.3, 0.4) is 0 Å². The Morgan fingerprint density at radius 3 is 2.68 bits per heavy atom. The number of nitriles is 1. The zero-order valence-corrected chi connectivity index (χ0v) is 19.1. The average molecular weight is 487 g/mol. The van der Waals surface area contributed by atoms with E-state index in [1.54, 1.807) is 36.4 Å². The second kappa shape index (κ2) is 11.7. The number of alkyl halides is 2. The van der Waals surface area contributed by atoms with Crippen molar-refractivity contribution in [2.75, 3.05) is 12.4 Å². The summed E-state index contributed by atoms with van der Waals surface area (Å²) in [6.07, 6.45) is 2.09. The Morgan fingerprint density at radius 2 is 2.00 bits per heavy atom. The highest BCUT2D eigenvalue weighted by atomic mass is 32.1. The molecule has 0 saturated heterocycles. The van der Waals surface area contributed by atoms with Gasteiger partial charge in [-0.3, -0.25) is 10.1 Å². The Hall–Kier alpha value is -4.04. The average Bonchev–Trinajstić information content (AvgIpc) is 3.29. The van der Waals surface area contributed by atoms with Crippen molar-refractivity contribution in [3.63, 3.8) is 0 Å². The molecule has 11 heteroatoms. The number of halogens is 2. The van der Waals surface area contributed by atoms with E-state index in [1.807, 2.05) is 13.0 Å². The molecule has 3 aromatic rings. The van der Waals surface area contributed by atoms with E-state index < -0.39 is 12.5 Å². The molecule has 1 amide bonds. The van der Waals surface area contributed by atoms with E-state index in [9.17, 15) is 18.8 Å². The lowest BCUT2D eigenvalue weighted by molar-refractivity contribution is -0.112. The van der Waals surface area contributed by atoms with Crippen LogP contribution in [0.25, 0.3) is 6.08 Å². The number of rotatable bonds is 10. The number of methoxy groups -OCH3 is 1. The summed E-state index contributed by atoms with van der Waals surface area (Å²) in [7, 11) is 1.43. The van der Waals surface area contributed by atoms with Crippen LogP contribution in [-0.4, -0.2) is 29.8 Å².